The molecule has 1 aliphatic rings. The van der Waals surface area contributed by atoms with E-state index in [9.17, 15) is 24.9 Å². The minimum atomic E-state index is -1.72. The molecule has 1 heterocycles. The summed E-state index contributed by atoms with van der Waals surface area (Å²) in [7, 11) is 0. The Morgan fingerprint density at radius 2 is 1.50 bits per heavy atom. The van der Waals surface area contributed by atoms with Crippen LogP contribution in [0, 0.1) is 0 Å². The highest BCUT2D eigenvalue weighted by Crippen LogP contribution is 2.19. The lowest BCUT2D eigenvalue weighted by Gasteiger charge is -2.19. The molecule has 0 unspecified atom stereocenters. The number of esters is 1. The molecule has 1 amide bonds. The van der Waals surface area contributed by atoms with E-state index in [1.54, 1.807) is 0 Å². The van der Waals surface area contributed by atoms with Gasteiger partial charge >= 0.3 is 5.97 Å². The van der Waals surface area contributed by atoms with E-state index in [4.69, 9.17) is 5.73 Å². The van der Waals surface area contributed by atoms with Gasteiger partial charge in [-0.2, -0.15) is 0 Å². The van der Waals surface area contributed by atoms with Gasteiger partial charge in [0.1, 0.15) is 6.10 Å². The maximum atomic E-state index is 11.8. The van der Waals surface area contributed by atoms with Gasteiger partial charge in [0.2, 0.25) is 0 Å². The van der Waals surface area contributed by atoms with E-state index >= 15 is 0 Å². The van der Waals surface area contributed by atoms with Gasteiger partial charge in [0, 0.05) is 6.54 Å². The summed E-state index contributed by atoms with van der Waals surface area (Å²) in [5.74, 6) is -1.75. The fourth-order valence-corrected chi connectivity index (χ4v) is 2.99. The van der Waals surface area contributed by atoms with Gasteiger partial charge in [-0.25, -0.2) is 4.79 Å². The van der Waals surface area contributed by atoms with E-state index in [0.717, 1.165) is 32.2 Å². The van der Waals surface area contributed by atoms with Crippen LogP contribution < -0.4 is 11.1 Å². The average Bonchev–Trinajstić information content (AvgIpc) is 2.89. The summed E-state index contributed by atoms with van der Waals surface area (Å²) in [4.78, 5) is 22.9. The SMILES string of the molecule is NCCCCCCCCCCCCNC(=O)[C@@H](O)[C@H]1OC(=O)[C@H](O)[C@H]1O. The van der Waals surface area contributed by atoms with Gasteiger partial charge in [0.25, 0.3) is 5.91 Å². The molecule has 0 aromatic carbocycles. The first-order valence-corrected chi connectivity index (χ1v) is 9.71. The fraction of sp³-hybridized carbons (Fsp3) is 0.889. The van der Waals surface area contributed by atoms with Gasteiger partial charge in [-0.05, 0) is 19.4 Å². The van der Waals surface area contributed by atoms with Gasteiger partial charge < -0.3 is 31.1 Å². The Morgan fingerprint density at radius 3 is 1.96 bits per heavy atom. The van der Waals surface area contributed by atoms with Crippen molar-refractivity contribution in [1.29, 1.82) is 0 Å². The standard InChI is InChI=1S/C18H34N2O6/c19-11-9-7-5-3-1-2-4-6-8-10-12-20-17(24)15(23)16-13(21)14(22)18(25)26-16/h13-16,21-23H,1-12,19H2,(H,20,24)/t13-,14-,15+,16+/m1/s1. The quantitative estimate of drug-likeness (QED) is 0.212. The highest BCUT2D eigenvalue weighted by atomic mass is 16.6. The topological polar surface area (TPSA) is 142 Å². The highest BCUT2D eigenvalue weighted by molar-refractivity contribution is 5.84. The summed E-state index contributed by atoms with van der Waals surface area (Å²) < 4.78 is 4.63. The minimum absolute atomic E-state index is 0.411. The number of rotatable bonds is 14. The van der Waals surface area contributed by atoms with E-state index in [-0.39, 0.29) is 0 Å². The minimum Gasteiger partial charge on any atom is -0.454 e. The molecule has 26 heavy (non-hydrogen) atoms. The van der Waals surface area contributed by atoms with Crippen LogP contribution in [0.3, 0.4) is 0 Å². The molecule has 0 bridgehead atoms. The third kappa shape index (κ3) is 7.99. The molecule has 1 saturated heterocycles. The first-order chi connectivity index (χ1) is 12.5. The van der Waals surface area contributed by atoms with Crippen LogP contribution in [0.1, 0.15) is 64.2 Å². The van der Waals surface area contributed by atoms with Gasteiger partial charge in [-0.1, -0.05) is 51.4 Å². The number of aliphatic hydroxyl groups is 3. The number of carbonyl (C=O) groups excluding carboxylic acids is 2. The Morgan fingerprint density at radius 1 is 1.00 bits per heavy atom. The molecular weight excluding hydrogens is 340 g/mol. The molecule has 1 fully saturated rings. The summed E-state index contributed by atoms with van der Waals surface area (Å²) in [5.41, 5.74) is 5.45. The van der Waals surface area contributed by atoms with Gasteiger partial charge in [-0.3, -0.25) is 4.79 Å². The lowest BCUT2D eigenvalue weighted by Crippen LogP contribution is -2.47. The molecule has 0 aromatic heterocycles. The van der Waals surface area contributed by atoms with E-state index in [2.05, 4.69) is 10.1 Å². The second-order valence-electron chi connectivity index (χ2n) is 6.90. The molecule has 4 atom stereocenters. The number of nitrogens with one attached hydrogen (secondary N) is 1. The number of hydrogen-bond donors (Lipinski definition) is 5. The number of ether oxygens (including phenoxy) is 1. The van der Waals surface area contributed by atoms with E-state index in [0.29, 0.717) is 6.54 Å². The summed E-state index contributed by atoms with van der Waals surface area (Å²) in [6, 6.07) is 0. The monoisotopic (exact) mass is 374 g/mol. The smallest absolute Gasteiger partial charge is 0.338 e. The molecule has 1 aliphatic heterocycles. The van der Waals surface area contributed by atoms with Crippen LogP contribution in [0.5, 0.6) is 0 Å². The molecule has 1 rings (SSSR count). The van der Waals surface area contributed by atoms with E-state index in [1.165, 1.54) is 38.5 Å². The Hall–Kier alpha value is -1.22. The number of unbranched alkanes of at least 4 members (excludes halogenated alkanes) is 9. The third-order valence-electron chi connectivity index (χ3n) is 4.66. The van der Waals surface area contributed by atoms with Crippen molar-refractivity contribution in [3.8, 4) is 0 Å². The number of cyclic esters (lactones) is 1. The van der Waals surface area contributed by atoms with Gasteiger partial charge in [0.15, 0.2) is 18.3 Å². The first-order valence-electron chi connectivity index (χ1n) is 9.71. The van der Waals surface area contributed by atoms with Crippen LogP contribution in [0.2, 0.25) is 0 Å². The molecule has 0 spiro atoms. The molecule has 6 N–H and O–H groups in total. The average molecular weight is 374 g/mol. The lowest BCUT2D eigenvalue weighted by atomic mass is 10.1. The second kappa shape index (κ2) is 13.0. The summed E-state index contributed by atoms with van der Waals surface area (Å²) >= 11 is 0. The lowest BCUT2D eigenvalue weighted by molar-refractivity contribution is -0.153. The molecule has 0 radical (unpaired) electrons. The van der Waals surface area contributed by atoms with E-state index in [1.807, 2.05) is 0 Å². The zero-order valence-electron chi connectivity index (χ0n) is 15.4. The number of nitrogens with two attached hydrogens (primary N) is 1. The Kier molecular flexibility index (Phi) is 11.4. The van der Waals surface area contributed by atoms with E-state index < -0.39 is 36.3 Å². The first kappa shape index (κ1) is 22.8. The zero-order valence-corrected chi connectivity index (χ0v) is 15.4. The Balaban J connectivity index is 1.99. The summed E-state index contributed by atoms with van der Waals surface area (Å²) in [6.45, 7) is 1.19. The van der Waals surface area contributed by atoms with Crippen molar-refractivity contribution in [2.75, 3.05) is 13.1 Å². The normalized spacial score (nSPS) is 23.7. The Labute approximate surface area is 155 Å². The number of hydrogen-bond acceptors (Lipinski definition) is 7. The van der Waals surface area contributed by atoms with Crippen molar-refractivity contribution in [1.82, 2.24) is 5.32 Å². The van der Waals surface area contributed by atoms with Crippen molar-refractivity contribution in [2.24, 2.45) is 5.73 Å². The largest absolute Gasteiger partial charge is 0.454 e. The second-order valence-corrected chi connectivity index (χ2v) is 6.90. The van der Waals surface area contributed by atoms with Gasteiger partial charge in [0.05, 0.1) is 0 Å². The molecule has 8 nitrogen and oxygen atoms in total. The van der Waals surface area contributed by atoms with Crippen LogP contribution >= 0.6 is 0 Å². The molecular formula is C18H34N2O6. The van der Waals surface area contributed by atoms with Gasteiger partial charge in [-0.15, -0.1) is 0 Å². The molecule has 152 valence electrons. The maximum absolute atomic E-state index is 11.8. The van der Waals surface area contributed by atoms with Crippen molar-refractivity contribution in [3.05, 3.63) is 0 Å². The number of amides is 1. The van der Waals surface area contributed by atoms with Crippen LogP contribution in [-0.4, -0.2) is 64.7 Å². The van der Waals surface area contributed by atoms with Crippen molar-refractivity contribution >= 4 is 11.9 Å². The summed E-state index contributed by atoms with van der Waals surface area (Å²) in [6.07, 6.45) is 4.96. The highest BCUT2D eigenvalue weighted by Gasteiger charge is 2.48. The molecule has 0 aromatic rings. The third-order valence-corrected chi connectivity index (χ3v) is 4.66. The van der Waals surface area contributed by atoms with Crippen LogP contribution in [0.15, 0.2) is 0 Å². The predicted octanol–water partition coefficient (Wildman–Crippen LogP) is -0.0296. The number of aliphatic hydroxyl groups excluding tert-OH is 3. The fourth-order valence-electron chi connectivity index (χ4n) is 2.99. The van der Waals surface area contributed by atoms with Crippen LogP contribution in [0.25, 0.3) is 0 Å². The molecule has 8 heteroatoms. The molecule has 0 aliphatic carbocycles. The maximum Gasteiger partial charge on any atom is 0.338 e. The predicted molar refractivity (Wildman–Crippen MR) is 96.1 cm³/mol. The zero-order chi connectivity index (χ0) is 19.4. The van der Waals surface area contributed by atoms with Crippen molar-refractivity contribution in [2.45, 2.75) is 88.6 Å². The number of carbonyl (C=O) groups is 2. The Bertz CT molecular complexity index is 420. The van der Waals surface area contributed by atoms with Crippen LogP contribution in [-0.2, 0) is 14.3 Å². The van der Waals surface area contributed by atoms with Crippen molar-refractivity contribution < 1.29 is 29.6 Å². The summed E-state index contributed by atoms with van der Waals surface area (Å²) in [5, 5.41) is 31.3. The molecule has 0 saturated carbocycles. The van der Waals surface area contributed by atoms with Crippen LogP contribution in [0.4, 0.5) is 0 Å². The van der Waals surface area contributed by atoms with Crippen molar-refractivity contribution in [3.63, 3.8) is 0 Å².